The van der Waals surface area contributed by atoms with Gasteiger partial charge in [0.25, 0.3) is 0 Å². The standard InChI is InChI=1S/C18H23Cl2N3O.ClH/c19-12-1-2-14(17(20)9-12)15-10-16(15)18(24)23-6-3-13(11-23)22-7-4-21-5-8-22;/h1-2,9,13,15-16,21H,3-8,10-11H2;1H. The summed E-state index contributed by atoms with van der Waals surface area (Å²) in [6, 6.07) is 6.14. The third-order valence-corrected chi connectivity index (χ3v) is 6.18. The van der Waals surface area contributed by atoms with Crippen molar-refractivity contribution in [2.45, 2.75) is 24.8 Å². The van der Waals surface area contributed by atoms with Crippen molar-refractivity contribution >= 4 is 41.5 Å². The molecule has 3 unspecified atom stereocenters. The Kier molecular flexibility index (Phi) is 6.17. The molecule has 4 rings (SSSR count). The van der Waals surface area contributed by atoms with Crippen LogP contribution in [0.15, 0.2) is 18.2 Å². The molecule has 1 amide bonds. The first-order chi connectivity index (χ1) is 11.6. The quantitative estimate of drug-likeness (QED) is 0.841. The first-order valence-electron chi connectivity index (χ1n) is 8.82. The van der Waals surface area contributed by atoms with Crippen molar-refractivity contribution in [2.24, 2.45) is 5.92 Å². The van der Waals surface area contributed by atoms with Gasteiger partial charge in [-0.05, 0) is 36.5 Å². The van der Waals surface area contributed by atoms with Crippen LogP contribution < -0.4 is 5.32 Å². The summed E-state index contributed by atoms with van der Waals surface area (Å²) in [6.07, 6.45) is 2.01. The molecule has 1 saturated carbocycles. The molecule has 4 nitrogen and oxygen atoms in total. The highest BCUT2D eigenvalue weighted by atomic mass is 35.5. The molecule has 3 atom stereocenters. The summed E-state index contributed by atoms with van der Waals surface area (Å²) >= 11 is 12.3. The topological polar surface area (TPSA) is 35.6 Å². The van der Waals surface area contributed by atoms with E-state index >= 15 is 0 Å². The van der Waals surface area contributed by atoms with Crippen molar-refractivity contribution in [3.63, 3.8) is 0 Å². The Morgan fingerprint density at radius 3 is 2.64 bits per heavy atom. The lowest BCUT2D eigenvalue weighted by Gasteiger charge is -2.32. The molecule has 3 fully saturated rings. The summed E-state index contributed by atoms with van der Waals surface area (Å²) in [5.41, 5.74) is 1.07. The number of hydrogen-bond acceptors (Lipinski definition) is 3. The maximum Gasteiger partial charge on any atom is 0.226 e. The van der Waals surface area contributed by atoms with Gasteiger partial charge < -0.3 is 10.2 Å². The SMILES string of the molecule is Cl.O=C(C1CC1c1ccc(Cl)cc1Cl)N1CCC(N2CCNCC2)C1. The van der Waals surface area contributed by atoms with Gasteiger partial charge in [0.05, 0.1) is 0 Å². The van der Waals surface area contributed by atoms with Gasteiger partial charge in [-0.2, -0.15) is 0 Å². The van der Waals surface area contributed by atoms with E-state index in [4.69, 9.17) is 23.2 Å². The van der Waals surface area contributed by atoms with Crippen LogP contribution in [0.4, 0.5) is 0 Å². The van der Waals surface area contributed by atoms with Crippen molar-refractivity contribution in [3.05, 3.63) is 33.8 Å². The maximum absolute atomic E-state index is 12.8. The largest absolute Gasteiger partial charge is 0.341 e. The van der Waals surface area contributed by atoms with E-state index in [0.717, 1.165) is 57.7 Å². The van der Waals surface area contributed by atoms with Crippen LogP contribution in [0.2, 0.25) is 10.0 Å². The molecule has 1 aromatic rings. The van der Waals surface area contributed by atoms with Gasteiger partial charge in [-0.1, -0.05) is 29.3 Å². The zero-order chi connectivity index (χ0) is 16.7. The molecular formula is C18H24Cl3N3O. The van der Waals surface area contributed by atoms with Crippen molar-refractivity contribution < 1.29 is 4.79 Å². The highest BCUT2D eigenvalue weighted by Crippen LogP contribution is 2.51. The van der Waals surface area contributed by atoms with Gasteiger partial charge >= 0.3 is 0 Å². The average molecular weight is 405 g/mol. The number of hydrogen-bond donors (Lipinski definition) is 1. The van der Waals surface area contributed by atoms with Crippen molar-refractivity contribution in [1.82, 2.24) is 15.1 Å². The summed E-state index contributed by atoms with van der Waals surface area (Å²) in [6.45, 7) is 6.09. The van der Waals surface area contributed by atoms with Gasteiger partial charge in [-0.25, -0.2) is 0 Å². The van der Waals surface area contributed by atoms with E-state index in [1.54, 1.807) is 6.07 Å². The third kappa shape index (κ3) is 4.09. The molecule has 3 aliphatic rings. The van der Waals surface area contributed by atoms with E-state index in [2.05, 4.69) is 15.1 Å². The van der Waals surface area contributed by atoms with Gasteiger partial charge in [0, 0.05) is 61.3 Å². The molecule has 7 heteroatoms. The van der Waals surface area contributed by atoms with Crippen molar-refractivity contribution in [1.29, 1.82) is 0 Å². The number of carbonyl (C=O) groups excluding carboxylic acids is 1. The Balaban J connectivity index is 0.00000182. The predicted octanol–water partition coefficient (Wildman–Crippen LogP) is 3.02. The summed E-state index contributed by atoms with van der Waals surface area (Å²) in [4.78, 5) is 17.4. The number of likely N-dealkylation sites (tertiary alicyclic amines) is 1. The molecule has 0 radical (unpaired) electrons. The number of piperazine rings is 1. The summed E-state index contributed by atoms with van der Waals surface area (Å²) in [5, 5.41) is 4.72. The fraction of sp³-hybridized carbons (Fsp3) is 0.611. The number of halogens is 3. The molecule has 0 spiro atoms. The zero-order valence-corrected chi connectivity index (χ0v) is 16.4. The number of nitrogens with one attached hydrogen (secondary N) is 1. The number of amides is 1. The second-order valence-corrected chi connectivity index (χ2v) is 7.97. The lowest BCUT2D eigenvalue weighted by atomic mass is 10.1. The van der Waals surface area contributed by atoms with E-state index < -0.39 is 0 Å². The minimum Gasteiger partial charge on any atom is -0.341 e. The molecule has 138 valence electrons. The zero-order valence-electron chi connectivity index (χ0n) is 14.1. The molecule has 25 heavy (non-hydrogen) atoms. The fourth-order valence-electron chi connectivity index (χ4n) is 4.14. The second kappa shape index (κ2) is 8.01. The molecule has 1 N–H and O–H groups in total. The monoisotopic (exact) mass is 403 g/mol. The van der Waals surface area contributed by atoms with E-state index in [9.17, 15) is 4.79 Å². The lowest BCUT2D eigenvalue weighted by Crippen LogP contribution is -2.49. The number of rotatable bonds is 3. The van der Waals surface area contributed by atoms with Crippen molar-refractivity contribution in [3.8, 4) is 0 Å². The Bertz CT molecular complexity index is 636. The van der Waals surface area contributed by atoms with E-state index in [1.165, 1.54) is 0 Å². The van der Waals surface area contributed by atoms with Gasteiger partial charge in [0.15, 0.2) is 0 Å². The molecule has 2 heterocycles. The second-order valence-electron chi connectivity index (χ2n) is 7.13. The van der Waals surface area contributed by atoms with Crippen molar-refractivity contribution in [2.75, 3.05) is 39.3 Å². The Morgan fingerprint density at radius 1 is 1.16 bits per heavy atom. The van der Waals surface area contributed by atoms with Crippen LogP contribution in [0.5, 0.6) is 0 Å². The summed E-state index contributed by atoms with van der Waals surface area (Å²) < 4.78 is 0. The average Bonchev–Trinajstić information content (AvgIpc) is 3.21. The van der Waals surface area contributed by atoms with E-state index in [1.807, 2.05) is 12.1 Å². The van der Waals surface area contributed by atoms with Gasteiger partial charge in [0.2, 0.25) is 5.91 Å². The lowest BCUT2D eigenvalue weighted by molar-refractivity contribution is -0.131. The molecule has 2 aliphatic heterocycles. The molecular weight excluding hydrogens is 381 g/mol. The van der Waals surface area contributed by atoms with Crippen LogP contribution in [0.25, 0.3) is 0 Å². The Hall–Kier alpha value is -0.520. The molecule has 0 bridgehead atoms. The number of benzene rings is 1. The molecule has 1 aromatic carbocycles. The summed E-state index contributed by atoms with van der Waals surface area (Å²) in [7, 11) is 0. The number of carbonyl (C=O) groups is 1. The predicted molar refractivity (Wildman–Crippen MR) is 104 cm³/mol. The van der Waals surface area contributed by atoms with Crippen LogP contribution in [0, 0.1) is 5.92 Å². The Labute approximate surface area is 165 Å². The van der Waals surface area contributed by atoms with Crippen LogP contribution in [-0.4, -0.2) is 61.0 Å². The van der Waals surface area contributed by atoms with Crippen LogP contribution in [-0.2, 0) is 4.79 Å². The molecule has 0 aromatic heterocycles. The highest BCUT2D eigenvalue weighted by molar-refractivity contribution is 6.35. The minimum absolute atomic E-state index is 0. The number of nitrogens with zero attached hydrogens (tertiary/aromatic N) is 2. The first kappa shape index (κ1) is 19.2. The van der Waals surface area contributed by atoms with E-state index in [-0.39, 0.29) is 24.2 Å². The smallest absolute Gasteiger partial charge is 0.226 e. The van der Waals surface area contributed by atoms with Gasteiger partial charge in [0.1, 0.15) is 0 Å². The van der Waals surface area contributed by atoms with Crippen LogP contribution >= 0.6 is 35.6 Å². The van der Waals surface area contributed by atoms with Crippen LogP contribution in [0.1, 0.15) is 24.3 Å². The van der Waals surface area contributed by atoms with Gasteiger partial charge in [-0.3, -0.25) is 9.69 Å². The maximum atomic E-state index is 12.8. The third-order valence-electron chi connectivity index (χ3n) is 5.61. The molecule has 2 saturated heterocycles. The summed E-state index contributed by atoms with van der Waals surface area (Å²) in [5.74, 6) is 0.676. The minimum atomic E-state index is 0. The Morgan fingerprint density at radius 2 is 1.92 bits per heavy atom. The first-order valence-corrected chi connectivity index (χ1v) is 9.57. The highest BCUT2D eigenvalue weighted by Gasteiger charge is 2.47. The normalized spacial score (nSPS) is 29.4. The van der Waals surface area contributed by atoms with Crippen LogP contribution in [0.3, 0.4) is 0 Å². The van der Waals surface area contributed by atoms with E-state index in [0.29, 0.717) is 22.0 Å². The van der Waals surface area contributed by atoms with Gasteiger partial charge in [-0.15, -0.1) is 12.4 Å². The fourth-order valence-corrected chi connectivity index (χ4v) is 4.68. The molecule has 1 aliphatic carbocycles.